The van der Waals surface area contributed by atoms with Crippen LogP contribution in [0.5, 0.6) is 0 Å². The summed E-state index contributed by atoms with van der Waals surface area (Å²) in [5, 5.41) is 2.76. The van der Waals surface area contributed by atoms with Crippen LogP contribution in [-0.2, 0) is 9.59 Å². The summed E-state index contributed by atoms with van der Waals surface area (Å²) in [6, 6.07) is 5.58. The van der Waals surface area contributed by atoms with Gasteiger partial charge in [0, 0.05) is 38.3 Å². The van der Waals surface area contributed by atoms with E-state index in [1.54, 1.807) is 12.1 Å². The van der Waals surface area contributed by atoms with Crippen molar-refractivity contribution in [3.63, 3.8) is 0 Å². The molecule has 0 aliphatic carbocycles. The van der Waals surface area contributed by atoms with E-state index in [1.807, 2.05) is 11.8 Å². The molecule has 1 N–H and O–H groups in total. The second-order valence-electron chi connectivity index (χ2n) is 7.26. The number of amides is 2. The Morgan fingerprint density at radius 1 is 1.11 bits per heavy atom. The lowest BCUT2D eigenvalue weighted by Crippen LogP contribution is -2.54. The van der Waals surface area contributed by atoms with Crippen molar-refractivity contribution in [1.29, 1.82) is 0 Å². The number of rotatable bonds is 9. The van der Waals surface area contributed by atoms with E-state index in [-0.39, 0.29) is 23.7 Å². The highest BCUT2D eigenvalue weighted by atomic mass is 19.1. The van der Waals surface area contributed by atoms with Crippen molar-refractivity contribution in [3.05, 3.63) is 30.1 Å². The van der Waals surface area contributed by atoms with Gasteiger partial charge in [0.1, 0.15) is 5.82 Å². The lowest BCUT2D eigenvalue weighted by Gasteiger charge is -2.37. The van der Waals surface area contributed by atoms with Crippen LogP contribution in [0.25, 0.3) is 0 Å². The lowest BCUT2D eigenvalue weighted by atomic mass is 10.1. The van der Waals surface area contributed by atoms with Crippen LogP contribution in [0, 0.1) is 5.82 Å². The minimum absolute atomic E-state index is 0.156. The number of unbranched alkanes of at least 4 members (excludes halogenated alkanes) is 4. The van der Waals surface area contributed by atoms with Gasteiger partial charge in [0.15, 0.2) is 0 Å². The zero-order valence-corrected chi connectivity index (χ0v) is 16.5. The minimum atomic E-state index is -0.373. The summed E-state index contributed by atoms with van der Waals surface area (Å²) in [5.41, 5.74) is 0.462. The third kappa shape index (κ3) is 6.94. The summed E-state index contributed by atoms with van der Waals surface area (Å²) in [6.45, 7) is 6.71. The number of carbonyl (C=O) groups excluding carboxylic acids is 2. The predicted molar refractivity (Wildman–Crippen MR) is 106 cm³/mol. The largest absolute Gasteiger partial charge is 0.340 e. The van der Waals surface area contributed by atoms with Crippen molar-refractivity contribution in [2.75, 3.05) is 31.5 Å². The summed E-state index contributed by atoms with van der Waals surface area (Å²) in [4.78, 5) is 28.7. The average molecular weight is 378 g/mol. The molecule has 1 aromatic carbocycles. The molecule has 1 heterocycles. The van der Waals surface area contributed by atoms with E-state index in [2.05, 4.69) is 17.1 Å². The fourth-order valence-corrected chi connectivity index (χ4v) is 3.38. The molecular formula is C21H32FN3O2. The molecule has 6 heteroatoms. The minimum Gasteiger partial charge on any atom is -0.340 e. The normalized spacial score (nSPS) is 16.2. The highest BCUT2D eigenvalue weighted by Gasteiger charge is 2.27. The molecule has 1 saturated heterocycles. The van der Waals surface area contributed by atoms with Crippen LogP contribution in [-0.4, -0.2) is 53.8 Å². The molecule has 1 unspecified atom stereocenters. The maximum atomic E-state index is 13.2. The van der Waals surface area contributed by atoms with Crippen molar-refractivity contribution in [2.24, 2.45) is 0 Å². The number of halogens is 1. The van der Waals surface area contributed by atoms with Crippen molar-refractivity contribution in [2.45, 2.75) is 58.4 Å². The fraction of sp³-hybridized carbons (Fsp3) is 0.619. The molecule has 0 spiro atoms. The number of nitrogens with zero attached hydrogens (tertiary/aromatic N) is 2. The van der Waals surface area contributed by atoms with Crippen LogP contribution in [0.15, 0.2) is 24.3 Å². The van der Waals surface area contributed by atoms with Gasteiger partial charge in [-0.2, -0.15) is 0 Å². The molecule has 0 aromatic heterocycles. The number of anilines is 1. The second kappa shape index (κ2) is 11.0. The highest BCUT2D eigenvalue weighted by molar-refractivity contribution is 5.94. The predicted octanol–water partition coefficient (Wildman–Crippen LogP) is 3.66. The van der Waals surface area contributed by atoms with E-state index in [1.165, 1.54) is 31.4 Å². The maximum absolute atomic E-state index is 13.2. The SMILES string of the molecule is CCCCCCCC(=O)N1CCN(C(C)C(=O)Nc2cccc(F)c2)CC1. The summed E-state index contributed by atoms with van der Waals surface area (Å²) >= 11 is 0. The Bertz CT molecular complexity index is 615. The van der Waals surface area contributed by atoms with Gasteiger partial charge in [-0.1, -0.05) is 38.7 Å². The molecule has 2 amide bonds. The maximum Gasteiger partial charge on any atom is 0.241 e. The molecule has 1 aliphatic heterocycles. The standard InChI is InChI=1S/C21H32FN3O2/c1-3-4-5-6-7-11-20(26)25-14-12-24(13-15-25)17(2)21(27)23-19-10-8-9-18(22)16-19/h8-10,16-17H,3-7,11-15H2,1-2H3,(H,23,27). The first-order chi connectivity index (χ1) is 13.0. The van der Waals surface area contributed by atoms with E-state index in [0.29, 0.717) is 38.3 Å². The number of benzene rings is 1. The Morgan fingerprint density at radius 2 is 1.81 bits per heavy atom. The Hall–Kier alpha value is -1.95. The van der Waals surface area contributed by atoms with Gasteiger partial charge in [0.25, 0.3) is 0 Å². The number of carbonyl (C=O) groups is 2. The van der Waals surface area contributed by atoms with Gasteiger partial charge in [-0.15, -0.1) is 0 Å². The van der Waals surface area contributed by atoms with Crippen LogP contribution in [0.3, 0.4) is 0 Å². The third-order valence-corrected chi connectivity index (χ3v) is 5.18. The Kier molecular flexibility index (Phi) is 8.72. The number of piperazine rings is 1. The van der Waals surface area contributed by atoms with Crippen LogP contribution < -0.4 is 5.32 Å². The summed E-state index contributed by atoms with van der Waals surface area (Å²) < 4.78 is 13.2. The van der Waals surface area contributed by atoms with E-state index in [4.69, 9.17) is 0 Å². The third-order valence-electron chi connectivity index (χ3n) is 5.18. The smallest absolute Gasteiger partial charge is 0.241 e. The van der Waals surface area contributed by atoms with E-state index >= 15 is 0 Å². The zero-order valence-electron chi connectivity index (χ0n) is 16.5. The number of hydrogen-bond acceptors (Lipinski definition) is 3. The van der Waals surface area contributed by atoms with E-state index in [0.717, 1.165) is 12.8 Å². The van der Waals surface area contributed by atoms with Gasteiger partial charge in [0.05, 0.1) is 6.04 Å². The molecular weight excluding hydrogens is 345 g/mol. The molecule has 0 bridgehead atoms. The van der Waals surface area contributed by atoms with E-state index < -0.39 is 0 Å². The Labute approximate surface area is 161 Å². The van der Waals surface area contributed by atoms with Crippen LogP contribution >= 0.6 is 0 Å². The van der Waals surface area contributed by atoms with Crippen molar-refractivity contribution in [1.82, 2.24) is 9.80 Å². The average Bonchev–Trinajstić information content (AvgIpc) is 2.67. The Balaban J connectivity index is 1.72. The molecule has 1 aromatic rings. The van der Waals surface area contributed by atoms with Gasteiger partial charge >= 0.3 is 0 Å². The first kappa shape index (κ1) is 21.4. The van der Waals surface area contributed by atoms with E-state index in [9.17, 15) is 14.0 Å². The quantitative estimate of drug-likeness (QED) is 0.668. The van der Waals surface area contributed by atoms with Crippen molar-refractivity contribution < 1.29 is 14.0 Å². The monoisotopic (exact) mass is 377 g/mol. The second-order valence-corrected chi connectivity index (χ2v) is 7.26. The zero-order chi connectivity index (χ0) is 19.6. The number of nitrogens with one attached hydrogen (secondary N) is 1. The highest BCUT2D eigenvalue weighted by Crippen LogP contribution is 2.14. The van der Waals surface area contributed by atoms with Crippen LogP contribution in [0.1, 0.15) is 52.4 Å². The molecule has 27 heavy (non-hydrogen) atoms. The summed E-state index contributed by atoms with van der Waals surface area (Å²) in [6.07, 6.45) is 6.36. The van der Waals surface area contributed by atoms with Gasteiger partial charge in [0.2, 0.25) is 11.8 Å². The molecule has 1 fully saturated rings. The molecule has 1 atom stereocenters. The van der Waals surface area contributed by atoms with Crippen LogP contribution in [0.2, 0.25) is 0 Å². The number of hydrogen-bond donors (Lipinski definition) is 1. The fourth-order valence-electron chi connectivity index (χ4n) is 3.38. The lowest BCUT2D eigenvalue weighted by molar-refractivity contribution is -0.133. The summed E-state index contributed by atoms with van der Waals surface area (Å²) in [5.74, 6) is -0.304. The topological polar surface area (TPSA) is 52.7 Å². The molecule has 150 valence electrons. The first-order valence-electron chi connectivity index (χ1n) is 10.1. The van der Waals surface area contributed by atoms with Gasteiger partial charge in [-0.3, -0.25) is 14.5 Å². The molecule has 0 radical (unpaired) electrons. The van der Waals surface area contributed by atoms with Crippen molar-refractivity contribution >= 4 is 17.5 Å². The van der Waals surface area contributed by atoms with Gasteiger partial charge < -0.3 is 10.2 Å². The van der Waals surface area contributed by atoms with Gasteiger partial charge in [-0.05, 0) is 31.5 Å². The molecule has 2 rings (SSSR count). The van der Waals surface area contributed by atoms with Crippen LogP contribution in [0.4, 0.5) is 10.1 Å². The Morgan fingerprint density at radius 3 is 2.48 bits per heavy atom. The molecule has 0 saturated carbocycles. The first-order valence-corrected chi connectivity index (χ1v) is 10.1. The molecule has 5 nitrogen and oxygen atoms in total. The van der Waals surface area contributed by atoms with Crippen molar-refractivity contribution in [3.8, 4) is 0 Å². The molecule has 1 aliphatic rings. The summed E-state index contributed by atoms with van der Waals surface area (Å²) in [7, 11) is 0. The van der Waals surface area contributed by atoms with Gasteiger partial charge in [-0.25, -0.2) is 4.39 Å².